The molecule has 6 heteroatoms. The molecule has 0 N–H and O–H groups in total. The summed E-state index contributed by atoms with van der Waals surface area (Å²) in [6, 6.07) is 78.1. The molecule has 3 aliphatic rings. The summed E-state index contributed by atoms with van der Waals surface area (Å²) in [5.74, 6) is 0.935. The highest BCUT2D eigenvalue weighted by Gasteiger charge is 2.52. The van der Waals surface area contributed by atoms with Crippen LogP contribution in [0.5, 0.6) is 0 Å². The van der Waals surface area contributed by atoms with Gasteiger partial charge < -0.3 is 0 Å². The highest BCUT2D eigenvalue weighted by atomic mass is 31.2. The summed E-state index contributed by atoms with van der Waals surface area (Å²) in [7, 11) is -3.87. The monoisotopic (exact) mass is 836 g/mol. The molecule has 5 nitrogen and oxygen atoms in total. The van der Waals surface area contributed by atoms with Crippen LogP contribution in [0.25, 0.3) is 67.3 Å². The Morgan fingerprint density at radius 2 is 0.859 bits per heavy atom. The number of rotatable bonds is 5. The van der Waals surface area contributed by atoms with Gasteiger partial charge in [-0.1, -0.05) is 194 Å². The molecule has 1 aromatic heterocycles. The zero-order valence-corrected chi connectivity index (χ0v) is 35.4. The van der Waals surface area contributed by atoms with Crippen molar-refractivity contribution in [3.05, 3.63) is 247 Å². The Bertz CT molecular complexity index is 3450. The largest absolute Gasteiger partial charge is 0.286 e. The van der Waals surface area contributed by atoms with E-state index in [1.54, 1.807) is 0 Å². The van der Waals surface area contributed by atoms with Crippen LogP contribution in [-0.4, -0.2) is 15.0 Å². The lowest BCUT2D eigenvalue weighted by molar-refractivity contribution is 0.585. The molecule has 0 radical (unpaired) electrons. The summed E-state index contributed by atoms with van der Waals surface area (Å²) in [4.78, 5) is 15.3. The third kappa shape index (κ3) is 5.07. The van der Waals surface area contributed by atoms with Gasteiger partial charge in [0.2, 0.25) is 5.57 Å². The highest BCUT2D eigenvalue weighted by molar-refractivity contribution is 7.80. The minimum Gasteiger partial charge on any atom is -0.286 e. The van der Waals surface area contributed by atoms with Crippen LogP contribution >= 0.6 is 7.29 Å². The van der Waals surface area contributed by atoms with Gasteiger partial charge in [0.05, 0.1) is 11.1 Å². The van der Waals surface area contributed by atoms with Crippen molar-refractivity contribution in [2.75, 3.05) is 4.67 Å². The van der Waals surface area contributed by atoms with Crippen molar-refractivity contribution in [1.82, 2.24) is 15.0 Å². The van der Waals surface area contributed by atoms with Crippen molar-refractivity contribution in [1.29, 1.82) is 0 Å². The van der Waals surface area contributed by atoms with Crippen LogP contribution in [0, 0.1) is 0 Å². The first-order valence-electron chi connectivity index (χ1n) is 21.6. The van der Waals surface area contributed by atoms with E-state index in [9.17, 15) is 0 Å². The normalized spacial score (nSPS) is 15.7. The molecule has 0 bridgehead atoms. The molecule has 0 amide bonds. The summed E-state index contributed by atoms with van der Waals surface area (Å²) in [5.41, 5.74) is 17.4. The minimum atomic E-state index is -3.87. The number of para-hydroxylation sites is 1. The lowest BCUT2D eigenvalue weighted by Crippen LogP contribution is -2.37. The first-order chi connectivity index (χ1) is 31.6. The van der Waals surface area contributed by atoms with Gasteiger partial charge in [0.15, 0.2) is 11.6 Å². The maximum absolute atomic E-state index is 16.9. The fraction of sp³-hybridized carbons (Fsp3) is 0.0172. The predicted molar refractivity (Wildman–Crippen MR) is 260 cm³/mol. The summed E-state index contributed by atoms with van der Waals surface area (Å²) in [6.45, 7) is 0. The van der Waals surface area contributed by atoms with Crippen LogP contribution in [0.15, 0.2) is 224 Å². The number of anilines is 2. The van der Waals surface area contributed by atoms with Gasteiger partial charge >= 0.3 is 0 Å². The molecule has 2 heterocycles. The Morgan fingerprint density at radius 3 is 1.48 bits per heavy atom. The summed E-state index contributed by atoms with van der Waals surface area (Å²) in [5, 5.41) is 0.675. The number of fused-ring (bicyclic) bond motifs is 13. The molecule has 1 aliphatic heterocycles. The van der Waals surface area contributed by atoms with Crippen molar-refractivity contribution < 1.29 is 4.57 Å². The number of aromatic nitrogens is 3. The van der Waals surface area contributed by atoms with Crippen LogP contribution in [0.3, 0.4) is 0 Å². The smallest absolute Gasteiger partial charge is 0.270 e. The highest BCUT2D eigenvalue weighted by Crippen LogP contribution is 2.65. The van der Waals surface area contributed by atoms with Crippen molar-refractivity contribution in [2.45, 2.75) is 5.41 Å². The van der Waals surface area contributed by atoms with Gasteiger partial charge in [-0.15, -0.1) is 0 Å². The minimum absolute atomic E-state index is 0.228. The average molecular weight is 837 g/mol. The summed E-state index contributed by atoms with van der Waals surface area (Å²) in [6.07, 6.45) is 0. The SMILES string of the molecule is O=P1(c2nc(-c3ccccc3)nc(-c3ccccc3)n2)c2ccccc2-c2cc(-c3cccc4c3-c3ccccc3C43c4ccccc4-c4ccccc43)ccc2N1c1ccccc1. The molecule has 1 unspecified atom stereocenters. The maximum Gasteiger partial charge on any atom is 0.270 e. The first kappa shape index (κ1) is 36.7. The van der Waals surface area contributed by atoms with E-state index >= 15 is 4.57 Å². The van der Waals surface area contributed by atoms with Gasteiger partial charge in [-0.05, 0) is 91.5 Å². The Morgan fingerprint density at radius 1 is 0.375 bits per heavy atom. The molecule has 1 spiro atoms. The Hall–Kier alpha value is -7.98. The second-order valence-corrected chi connectivity index (χ2v) is 19.0. The van der Waals surface area contributed by atoms with Crippen molar-refractivity contribution in [2.24, 2.45) is 0 Å². The van der Waals surface area contributed by atoms with Crippen LogP contribution in [-0.2, 0) is 9.98 Å². The van der Waals surface area contributed by atoms with E-state index in [1.807, 2.05) is 114 Å². The fourth-order valence-electron chi connectivity index (χ4n) is 10.7. The zero-order chi connectivity index (χ0) is 42.4. The molecular formula is C58H37N4OP. The van der Waals surface area contributed by atoms with E-state index in [2.05, 4.69) is 115 Å². The Labute approximate surface area is 371 Å². The van der Waals surface area contributed by atoms with Crippen LogP contribution in [0.4, 0.5) is 11.4 Å². The number of hydrogen-bond donors (Lipinski definition) is 0. The molecule has 0 saturated heterocycles. The standard InChI is InChI=1S/C58H37N4OP/c63-64(57-60-55(38-19-4-1-5-20-38)59-56(61-57)39-21-6-2-7-22-39)53-34-17-13-27-45(53)47-37-40(35-36-52(47)62(64)41-23-8-3-9-24-41)42-29-18-33-51-54(42)46-28-12-16-32-50(46)58(51)48-30-14-10-25-43(48)44-26-11-15-31-49(44)58/h1-37H. The van der Waals surface area contributed by atoms with Crippen molar-refractivity contribution in [3.63, 3.8) is 0 Å². The molecule has 300 valence electrons. The fourth-order valence-corrected chi connectivity index (χ4v) is 13.5. The molecule has 0 saturated carbocycles. The van der Waals surface area contributed by atoms with E-state index in [4.69, 9.17) is 15.0 Å². The maximum atomic E-state index is 16.9. The van der Waals surface area contributed by atoms with E-state index in [0.717, 1.165) is 44.8 Å². The third-order valence-electron chi connectivity index (χ3n) is 13.3. The molecule has 1 atom stereocenters. The molecule has 10 aromatic rings. The predicted octanol–water partition coefficient (Wildman–Crippen LogP) is 13.3. The third-order valence-corrected chi connectivity index (χ3v) is 16.1. The van der Waals surface area contributed by atoms with Gasteiger partial charge in [-0.2, -0.15) is 0 Å². The molecule has 13 rings (SSSR count). The van der Waals surface area contributed by atoms with Gasteiger partial charge in [0, 0.05) is 27.7 Å². The Balaban J connectivity index is 1.05. The second-order valence-electron chi connectivity index (χ2n) is 16.6. The van der Waals surface area contributed by atoms with E-state index < -0.39 is 12.7 Å². The van der Waals surface area contributed by atoms with Crippen LogP contribution < -0.4 is 15.5 Å². The van der Waals surface area contributed by atoms with E-state index in [0.29, 0.717) is 17.0 Å². The quantitative estimate of drug-likeness (QED) is 0.162. The molecule has 9 aromatic carbocycles. The lowest BCUT2D eigenvalue weighted by atomic mass is 9.70. The van der Waals surface area contributed by atoms with Gasteiger partial charge in [-0.3, -0.25) is 9.24 Å². The zero-order valence-electron chi connectivity index (χ0n) is 34.5. The Kier molecular flexibility index (Phi) is 8.03. The van der Waals surface area contributed by atoms with Crippen molar-refractivity contribution >= 4 is 29.5 Å². The van der Waals surface area contributed by atoms with E-state index in [1.165, 1.54) is 44.5 Å². The summed E-state index contributed by atoms with van der Waals surface area (Å²) < 4.78 is 18.9. The molecular weight excluding hydrogens is 800 g/mol. The lowest BCUT2D eigenvalue weighted by Gasteiger charge is -2.39. The first-order valence-corrected chi connectivity index (χ1v) is 23.3. The van der Waals surface area contributed by atoms with Crippen LogP contribution in [0.2, 0.25) is 0 Å². The molecule has 2 aliphatic carbocycles. The molecule has 64 heavy (non-hydrogen) atoms. The van der Waals surface area contributed by atoms with Gasteiger partial charge in [-0.25, -0.2) is 15.0 Å². The van der Waals surface area contributed by atoms with Crippen LogP contribution in [0.1, 0.15) is 22.3 Å². The van der Waals surface area contributed by atoms with Gasteiger partial charge in [0.1, 0.15) is 0 Å². The number of nitrogens with zero attached hydrogens (tertiary/aromatic N) is 4. The summed E-state index contributed by atoms with van der Waals surface area (Å²) >= 11 is 0. The topological polar surface area (TPSA) is 59.0 Å². The second kappa shape index (κ2) is 14.0. The average Bonchev–Trinajstić information content (AvgIpc) is 3.85. The van der Waals surface area contributed by atoms with Crippen molar-refractivity contribution in [3.8, 4) is 67.3 Å². The van der Waals surface area contributed by atoms with Gasteiger partial charge in [0.25, 0.3) is 7.29 Å². The number of hydrogen-bond acceptors (Lipinski definition) is 4. The number of benzene rings is 9. The molecule has 0 fully saturated rings. The van der Waals surface area contributed by atoms with E-state index in [-0.39, 0.29) is 5.57 Å².